The molecule has 8 aliphatic rings. The number of Topliss-reactive ketones (excluding diaryl/α,β-unsaturated/α-hetero) is 1. The average molecular weight is 527 g/mol. The van der Waals surface area contributed by atoms with E-state index in [1.54, 1.807) is 26.0 Å². The van der Waals surface area contributed by atoms with E-state index < -0.39 is 87.0 Å². The number of hydrogen-bond acceptors (Lipinski definition) is 10. The summed E-state index contributed by atoms with van der Waals surface area (Å²) in [5, 5.41) is 23.7. The molecule has 5 saturated heterocycles. The molecule has 7 fully saturated rings. The normalized spacial score (nSPS) is 59.2. The van der Waals surface area contributed by atoms with Gasteiger partial charge in [-0.1, -0.05) is 19.1 Å². The average Bonchev–Trinajstić information content (AvgIpc) is 3.17. The fraction of sp³-hybridized carbons (Fsp3) is 0.714. The molecule has 0 aromatic rings. The fourth-order valence-electron chi connectivity index (χ4n) is 10.1. The topological polar surface area (TPSA) is 146 Å². The van der Waals surface area contributed by atoms with Gasteiger partial charge < -0.3 is 29.2 Å². The minimum atomic E-state index is -2.24. The van der Waals surface area contributed by atoms with E-state index in [0.29, 0.717) is 5.57 Å². The summed E-state index contributed by atoms with van der Waals surface area (Å²) >= 11 is 0. The van der Waals surface area contributed by atoms with Gasteiger partial charge in [0.1, 0.15) is 6.10 Å². The second-order valence-corrected chi connectivity index (χ2v) is 13.2. The van der Waals surface area contributed by atoms with Crippen molar-refractivity contribution >= 4 is 23.5 Å². The molecule has 5 aliphatic heterocycles. The van der Waals surface area contributed by atoms with Crippen LogP contribution in [-0.4, -0.2) is 75.1 Å². The van der Waals surface area contributed by atoms with Crippen molar-refractivity contribution in [3.63, 3.8) is 0 Å². The lowest BCUT2D eigenvalue weighted by atomic mass is 9.46. The summed E-state index contributed by atoms with van der Waals surface area (Å²) in [6.45, 7) is 4.98. The van der Waals surface area contributed by atoms with Gasteiger partial charge in [-0.3, -0.25) is 14.4 Å². The highest BCUT2D eigenvalue weighted by Crippen LogP contribution is 2.75. The summed E-state index contributed by atoms with van der Waals surface area (Å²) in [7, 11) is 0. The molecule has 10 nitrogen and oxygen atoms in total. The van der Waals surface area contributed by atoms with E-state index in [2.05, 4.69) is 0 Å². The van der Waals surface area contributed by atoms with E-state index in [-0.39, 0.29) is 38.1 Å². The molecule has 0 radical (unpaired) electrons. The van der Waals surface area contributed by atoms with E-state index >= 15 is 0 Å². The van der Waals surface area contributed by atoms with Gasteiger partial charge in [0.25, 0.3) is 0 Å². The Bertz CT molecular complexity index is 1330. The van der Waals surface area contributed by atoms with Gasteiger partial charge >= 0.3 is 11.9 Å². The number of ketones is 2. The van der Waals surface area contributed by atoms with Gasteiger partial charge in [0, 0.05) is 5.92 Å². The highest BCUT2D eigenvalue weighted by molar-refractivity contribution is 6.01. The Morgan fingerprint density at radius 3 is 2.61 bits per heavy atom. The first kappa shape index (κ1) is 23.5. The lowest BCUT2D eigenvalue weighted by Crippen LogP contribution is -2.79. The fourth-order valence-corrected chi connectivity index (χ4v) is 10.1. The number of aliphatic hydroxyl groups excluding tert-OH is 1. The number of ether oxygens (including phenoxy) is 4. The maximum atomic E-state index is 14.9. The van der Waals surface area contributed by atoms with Crippen molar-refractivity contribution < 1.29 is 48.3 Å². The van der Waals surface area contributed by atoms with Gasteiger partial charge in [-0.2, -0.15) is 0 Å². The predicted octanol–water partition coefficient (Wildman–Crippen LogP) is 0.528. The van der Waals surface area contributed by atoms with Crippen LogP contribution in [0.1, 0.15) is 46.5 Å². The first-order chi connectivity index (χ1) is 17.8. The minimum absolute atomic E-state index is 0.0843. The SMILES string of the molecule is C[C@]12C(=O)C=CC=C1[C@H](O)C[C@@H]1[C@@H]2CC[C@@]2(O)C(=O)O[C@@]3(C)C4C[C@]5(C)[C@@H](CO[C@@]16O[C@]23[C@H]5C6=O)C(=O)O4. The summed E-state index contributed by atoms with van der Waals surface area (Å²) in [5.74, 6) is -7.45. The summed E-state index contributed by atoms with van der Waals surface area (Å²) in [5.41, 5.74) is -7.44. The lowest BCUT2D eigenvalue weighted by molar-refractivity contribution is -0.376. The van der Waals surface area contributed by atoms with Crippen molar-refractivity contribution in [1.82, 2.24) is 0 Å². The van der Waals surface area contributed by atoms with Crippen LogP contribution in [0.4, 0.5) is 0 Å². The van der Waals surface area contributed by atoms with Crippen molar-refractivity contribution in [2.75, 3.05) is 6.61 Å². The zero-order valence-electron chi connectivity index (χ0n) is 21.4. The van der Waals surface area contributed by atoms with Crippen molar-refractivity contribution in [2.24, 2.45) is 34.5 Å². The molecule has 8 rings (SSSR count). The van der Waals surface area contributed by atoms with Crippen LogP contribution in [-0.2, 0) is 38.1 Å². The van der Waals surface area contributed by atoms with Gasteiger partial charge in [0.05, 0.1) is 30.0 Å². The van der Waals surface area contributed by atoms with Crippen LogP contribution in [0.5, 0.6) is 0 Å². The largest absolute Gasteiger partial charge is 0.458 e. The Kier molecular flexibility index (Phi) is 3.91. The number of aliphatic hydroxyl groups is 2. The molecule has 0 aromatic carbocycles. The Hall–Kier alpha value is -2.40. The molecule has 1 unspecified atom stereocenters. The third-order valence-electron chi connectivity index (χ3n) is 12.0. The Balaban J connectivity index is 1.43. The van der Waals surface area contributed by atoms with Gasteiger partial charge in [-0.15, -0.1) is 0 Å². The molecule has 38 heavy (non-hydrogen) atoms. The Morgan fingerprint density at radius 2 is 1.84 bits per heavy atom. The number of carbonyl (C=O) groups excluding carboxylic acids is 4. The molecular weight excluding hydrogens is 496 g/mol. The Labute approximate surface area is 218 Å². The van der Waals surface area contributed by atoms with Crippen LogP contribution in [0.15, 0.2) is 23.8 Å². The highest BCUT2D eigenvalue weighted by atomic mass is 16.8. The van der Waals surface area contributed by atoms with Gasteiger partial charge in [0.15, 0.2) is 28.4 Å². The van der Waals surface area contributed by atoms with Crippen LogP contribution in [0, 0.1) is 34.5 Å². The number of carbonyl (C=O) groups is 4. The molecule has 2 spiro atoms. The van der Waals surface area contributed by atoms with E-state index in [9.17, 15) is 29.4 Å². The lowest BCUT2D eigenvalue weighted by Gasteiger charge is -2.63. The minimum Gasteiger partial charge on any atom is -0.458 e. The van der Waals surface area contributed by atoms with Crippen molar-refractivity contribution in [2.45, 2.75) is 81.3 Å². The second-order valence-electron chi connectivity index (χ2n) is 13.2. The number of hydrogen-bond donors (Lipinski definition) is 2. The van der Waals surface area contributed by atoms with Crippen molar-refractivity contribution in [1.29, 1.82) is 0 Å². The standard InChI is InChI=1S/C28H30O10/c1-23-10-18-25(3)28-19(23)20(31)27(38-28,35-11-15(23)21(32)36-18)14-9-16(29)13-5-4-6-17(30)24(13,2)12(14)7-8-26(28,34)22(33)37-25/h4-6,12,14-16,18-19,29,34H,7-11H2,1-3H3/t12-,14+,15-,16+,18?,19-,23+,24+,25-,26+,27+,28-/m0/s1. The predicted molar refractivity (Wildman–Crippen MR) is 124 cm³/mol. The monoisotopic (exact) mass is 526 g/mol. The van der Waals surface area contributed by atoms with Crippen LogP contribution in [0.2, 0.25) is 0 Å². The molecule has 5 heterocycles. The maximum Gasteiger partial charge on any atom is 0.342 e. The first-order valence-electron chi connectivity index (χ1n) is 13.5. The van der Waals surface area contributed by atoms with E-state index in [1.165, 1.54) is 6.08 Å². The van der Waals surface area contributed by atoms with E-state index in [4.69, 9.17) is 18.9 Å². The summed E-state index contributed by atoms with van der Waals surface area (Å²) in [4.78, 5) is 55.3. The van der Waals surface area contributed by atoms with E-state index in [0.717, 1.165) is 0 Å². The first-order valence-corrected chi connectivity index (χ1v) is 13.5. The van der Waals surface area contributed by atoms with Crippen molar-refractivity contribution in [3.8, 4) is 0 Å². The van der Waals surface area contributed by atoms with Crippen LogP contribution in [0.3, 0.4) is 0 Å². The van der Waals surface area contributed by atoms with Gasteiger partial charge in [0.2, 0.25) is 5.79 Å². The van der Waals surface area contributed by atoms with Gasteiger partial charge in [-0.05, 0) is 62.5 Å². The number of allylic oxidation sites excluding steroid dienone is 3. The van der Waals surface area contributed by atoms with Gasteiger partial charge in [-0.25, -0.2) is 4.79 Å². The number of esters is 2. The molecule has 0 amide bonds. The third kappa shape index (κ3) is 2.00. The molecule has 2 saturated carbocycles. The molecule has 3 aliphatic carbocycles. The quantitative estimate of drug-likeness (QED) is 0.429. The van der Waals surface area contributed by atoms with Crippen LogP contribution >= 0.6 is 0 Å². The molecular formula is C28H30O10. The Morgan fingerprint density at radius 1 is 1.08 bits per heavy atom. The second kappa shape index (κ2) is 6.32. The van der Waals surface area contributed by atoms with E-state index in [1.807, 2.05) is 6.92 Å². The highest BCUT2D eigenvalue weighted by Gasteiger charge is 2.93. The van der Waals surface area contributed by atoms with Crippen LogP contribution in [0.25, 0.3) is 0 Å². The molecule has 202 valence electrons. The molecule has 2 N–H and O–H groups in total. The maximum absolute atomic E-state index is 14.9. The molecule has 5 bridgehead atoms. The zero-order valence-corrected chi connectivity index (χ0v) is 21.4. The zero-order chi connectivity index (χ0) is 26.8. The third-order valence-corrected chi connectivity index (χ3v) is 12.0. The summed E-state index contributed by atoms with van der Waals surface area (Å²) in [6.07, 6.45) is 3.22. The summed E-state index contributed by atoms with van der Waals surface area (Å²) in [6, 6.07) is 0. The van der Waals surface area contributed by atoms with Crippen molar-refractivity contribution in [3.05, 3.63) is 23.8 Å². The number of fused-ring (bicyclic) bond motifs is 5. The molecule has 10 heteroatoms. The number of rotatable bonds is 0. The summed E-state index contributed by atoms with van der Waals surface area (Å²) < 4.78 is 25.0. The smallest absolute Gasteiger partial charge is 0.342 e. The molecule has 0 aromatic heterocycles. The molecule has 12 atom stereocenters. The van der Waals surface area contributed by atoms with Crippen LogP contribution < -0.4 is 0 Å².